The largest absolute Gasteiger partial charge is 0.464 e. The van der Waals surface area contributed by atoms with Crippen LogP contribution >= 0.6 is 0 Å². The fourth-order valence-electron chi connectivity index (χ4n) is 1.52. The van der Waals surface area contributed by atoms with Crippen molar-refractivity contribution in [1.29, 1.82) is 0 Å². The first-order valence-electron chi connectivity index (χ1n) is 4.66. The van der Waals surface area contributed by atoms with Gasteiger partial charge in [0.05, 0.1) is 12.4 Å². The SMILES string of the molecule is NCC[C@@H](O)c1ccc2occc2c1. The van der Waals surface area contributed by atoms with E-state index in [9.17, 15) is 5.11 Å². The van der Waals surface area contributed by atoms with Crippen LogP contribution in [0.15, 0.2) is 34.9 Å². The number of hydrogen-bond donors (Lipinski definition) is 2. The second-order valence-corrected chi connectivity index (χ2v) is 3.31. The van der Waals surface area contributed by atoms with Crippen molar-refractivity contribution < 1.29 is 9.52 Å². The van der Waals surface area contributed by atoms with Gasteiger partial charge < -0.3 is 15.3 Å². The number of fused-ring (bicyclic) bond motifs is 1. The highest BCUT2D eigenvalue weighted by Crippen LogP contribution is 2.22. The van der Waals surface area contributed by atoms with E-state index in [0.29, 0.717) is 13.0 Å². The quantitative estimate of drug-likeness (QED) is 0.777. The average molecular weight is 191 g/mol. The van der Waals surface area contributed by atoms with Gasteiger partial charge in [0.2, 0.25) is 0 Å². The Hall–Kier alpha value is -1.32. The van der Waals surface area contributed by atoms with Crippen molar-refractivity contribution in [3.8, 4) is 0 Å². The highest BCUT2D eigenvalue weighted by Gasteiger charge is 2.07. The van der Waals surface area contributed by atoms with Gasteiger partial charge in [-0.3, -0.25) is 0 Å². The Morgan fingerprint density at radius 2 is 2.21 bits per heavy atom. The topological polar surface area (TPSA) is 59.4 Å². The summed E-state index contributed by atoms with van der Waals surface area (Å²) in [6, 6.07) is 7.55. The molecule has 0 spiro atoms. The Kier molecular flexibility index (Phi) is 2.52. The molecule has 0 unspecified atom stereocenters. The van der Waals surface area contributed by atoms with Crippen LogP contribution in [0.4, 0.5) is 0 Å². The van der Waals surface area contributed by atoms with Crippen LogP contribution in [0.25, 0.3) is 11.0 Å². The first-order chi connectivity index (χ1) is 6.81. The molecule has 2 aromatic rings. The van der Waals surface area contributed by atoms with Crippen molar-refractivity contribution in [2.75, 3.05) is 6.54 Å². The fourth-order valence-corrected chi connectivity index (χ4v) is 1.52. The molecule has 0 saturated carbocycles. The number of aliphatic hydroxyl groups is 1. The molecule has 1 heterocycles. The van der Waals surface area contributed by atoms with E-state index in [2.05, 4.69) is 0 Å². The van der Waals surface area contributed by atoms with Crippen LogP contribution in [0.2, 0.25) is 0 Å². The molecule has 74 valence electrons. The molecule has 3 heteroatoms. The van der Waals surface area contributed by atoms with Crippen LogP contribution in [0.5, 0.6) is 0 Å². The van der Waals surface area contributed by atoms with Gasteiger partial charge >= 0.3 is 0 Å². The minimum Gasteiger partial charge on any atom is -0.464 e. The molecule has 14 heavy (non-hydrogen) atoms. The summed E-state index contributed by atoms with van der Waals surface area (Å²) in [5, 5.41) is 10.7. The van der Waals surface area contributed by atoms with Crippen LogP contribution in [0.1, 0.15) is 18.1 Å². The Labute approximate surface area is 82.1 Å². The molecular weight excluding hydrogens is 178 g/mol. The third-order valence-electron chi connectivity index (χ3n) is 2.30. The van der Waals surface area contributed by atoms with E-state index in [1.165, 1.54) is 0 Å². The molecule has 0 amide bonds. The number of aliphatic hydroxyl groups excluding tert-OH is 1. The number of benzene rings is 1. The molecule has 0 aliphatic rings. The highest BCUT2D eigenvalue weighted by molar-refractivity contribution is 5.77. The summed E-state index contributed by atoms with van der Waals surface area (Å²) >= 11 is 0. The maximum absolute atomic E-state index is 9.71. The van der Waals surface area contributed by atoms with E-state index in [0.717, 1.165) is 16.5 Å². The standard InChI is InChI=1S/C11H13NO2/c12-5-3-10(13)8-1-2-11-9(7-8)4-6-14-11/h1-2,4,6-7,10,13H,3,5,12H2/t10-/m1/s1. The second kappa shape index (κ2) is 3.82. The maximum Gasteiger partial charge on any atom is 0.133 e. The summed E-state index contributed by atoms with van der Waals surface area (Å²) in [7, 11) is 0. The van der Waals surface area contributed by atoms with Crippen molar-refractivity contribution >= 4 is 11.0 Å². The van der Waals surface area contributed by atoms with Crippen molar-refractivity contribution in [2.45, 2.75) is 12.5 Å². The number of rotatable bonds is 3. The summed E-state index contributed by atoms with van der Waals surface area (Å²) in [4.78, 5) is 0. The molecule has 0 saturated heterocycles. The van der Waals surface area contributed by atoms with E-state index < -0.39 is 6.10 Å². The smallest absolute Gasteiger partial charge is 0.133 e. The van der Waals surface area contributed by atoms with Gasteiger partial charge in [-0.05, 0) is 36.7 Å². The van der Waals surface area contributed by atoms with E-state index in [-0.39, 0.29) is 0 Å². The molecule has 0 fully saturated rings. The molecule has 0 aliphatic carbocycles. The van der Waals surface area contributed by atoms with Gasteiger partial charge in [-0.25, -0.2) is 0 Å². The zero-order chi connectivity index (χ0) is 9.97. The molecule has 1 atom stereocenters. The predicted octanol–water partition coefficient (Wildman–Crippen LogP) is 1.82. The Morgan fingerprint density at radius 1 is 1.36 bits per heavy atom. The third kappa shape index (κ3) is 1.64. The Morgan fingerprint density at radius 3 is 3.00 bits per heavy atom. The Balaban J connectivity index is 2.33. The molecule has 0 bridgehead atoms. The first-order valence-corrected chi connectivity index (χ1v) is 4.66. The summed E-state index contributed by atoms with van der Waals surface area (Å²) in [6.07, 6.45) is 1.76. The highest BCUT2D eigenvalue weighted by atomic mass is 16.3. The molecule has 1 aromatic heterocycles. The van der Waals surface area contributed by atoms with Gasteiger partial charge in [0.25, 0.3) is 0 Å². The normalized spacial score (nSPS) is 13.3. The van der Waals surface area contributed by atoms with Gasteiger partial charge in [-0.15, -0.1) is 0 Å². The van der Waals surface area contributed by atoms with Crippen LogP contribution in [-0.2, 0) is 0 Å². The van der Waals surface area contributed by atoms with Crippen molar-refractivity contribution in [3.63, 3.8) is 0 Å². The lowest BCUT2D eigenvalue weighted by Crippen LogP contribution is -2.06. The lowest BCUT2D eigenvalue weighted by atomic mass is 10.1. The van der Waals surface area contributed by atoms with E-state index in [4.69, 9.17) is 10.2 Å². The molecule has 3 N–H and O–H groups in total. The third-order valence-corrected chi connectivity index (χ3v) is 2.30. The first kappa shape index (κ1) is 9.24. The molecular formula is C11H13NO2. The van der Waals surface area contributed by atoms with Crippen LogP contribution in [-0.4, -0.2) is 11.7 Å². The second-order valence-electron chi connectivity index (χ2n) is 3.31. The Bertz CT molecular complexity index is 422. The van der Waals surface area contributed by atoms with Crippen LogP contribution < -0.4 is 5.73 Å². The lowest BCUT2D eigenvalue weighted by Gasteiger charge is -2.08. The van der Waals surface area contributed by atoms with E-state index in [1.54, 1.807) is 6.26 Å². The minimum atomic E-state index is -0.473. The molecule has 2 rings (SSSR count). The van der Waals surface area contributed by atoms with Gasteiger partial charge in [-0.1, -0.05) is 6.07 Å². The predicted molar refractivity (Wildman–Crippen MR) is 54.8 cm³/mol. The average Bonchev–Trinajstić information content (AvgIpc) is 2.64. The van der Waals surface area contributed by atoms with Gasteiger partial charge in [-0.2, -0.15) is 0 Å². The number of hydrogen-bond acceptors (Lipinski definition) is 3. The van der Waals surface area contributed by atoms with E-state index in [1.807, 2.05) is 24.3 Å². The number of furan rings is 1. The number of nitrogens with two attached hydrogens (primary N) is 1. The van der Waals surface area contributed by atoms with Crippen LogP contribution in [0, 0.1) is 0 Å². The molecule has 1 aromatic carbocycles. The zero-order valence-corrected chi connectivity index (χ0v) is 7.81. The van der Waals surface area contributed by atoms with Crippen molar-refractivity contribution in [1.82, 2.24) is 0 Å². The molecule has 3 nitrogen and oxygen atoms in total. The summed E-state index contributed by atoms with van der Waals surface area (Å²) in [5.74, 6) is 0. The maximum atomic E-state index is 9.71. The van der Waals surface area contributed by atoms with Crippen LogP contribution in [0.3, 0.4) is 0 Å². The summed E-state index contributed by atoms with van der Waals surface area (Å²) in [5.41, 5.74) is 7.12. The zero-order valence-electron chi connectivity index (χ0n) is 7.81. The summed E-state index contributed by atoms with van der Waals surface area (Å²) in [6.45, 7) is 0.491. The monoisotopic (exact) mass is 191 g/mol. The molecule has 0 aliphatic heterocycles. The van der Waals surface area contributed by atoms with E-state index >= 15 is 0 Å². The van der Waals surface area contributed by atoms with Gasteiger partial charge in [0.15, 0.2) is 0 Å². The van der Waals surface area contributed by atoms with Crippen molar-refractivity contribution in [2.24, 2.45) is 5.73 Å². The lowest BCUT2D eigenvalue weighted by molar-refractivity contribution is 0.170. The summed E-state index contributed by atoms with van der Waals surface area (Å²) < 4.78 is 5.21. The van der Waals surface area contributed by atoms with Gasteiger partial charge in [0, 0.05) is 5.39 Å². The van der Waals surface area contributed by atoms with Gasteiger partial charge in [0.1, 0.15) is 5.58 Å². The van der Waals surface area contributed by atoms with Crippen molar-refractivity contribution in [3.05, 3.63) is 36.1 Å². The molecule has 0 radical (unpaired) electrons. The fraction of sp³-hybridized carbons (Fsp3) is 0.273. The minimum absolute atomic E-state index is 0.473.